The van der Waals surface area contributed by atoms with E-state index in [0.717, 1.165) is 32.4 Å². The molecular weight excluding hydrogens is 344 g/mol. The smallest absolute Gasteiger partial charge is 0.257 e. The number of rotatable bonds is 4. The fourth-order valence-corrected chi connectivity index (χ4v) is 3.00. The van der Waals surface area contributed by atoms with Crippen LogP contribution in [0.4, 0.5) is 11.4 Å². The van der Waals surface area contributed by atoms with Crippen molar-refractivity contribution in [3.63, 3.8) is 0 Å². The molecule has 1 aliphatic heterocycles. The molecule has 1 aliphatic rings. The summed E-state index contributed by atoms with van der Waals surface area (Å²) in [5.41, 5.74) is 1.98. The van der Waals surface area contributed by atoms with E-state index in [1.165, 1.54) is 19.3 Å². The predicted octanol–water partition coefficient (Wildman–Crippen LogP) is 2.92. The molecule has 3 rings (SSSR count). The lowest BCUT2D eigenvalue weighted by Gasteiger charge is -2.26. The van der Waals surface area contributed by atoms with Gasteiger partial charge in [0.05, 0.1) is 11.1 Å². The monoisotopic (exact) mass is 366 g/mol. The summed E-state index contributed by atoms with van der Waals surface area (Å²) in [6.07, 6.45) is 6.09. The van der Waals surface area contributed by atoms with Crippen LogP contribution in [0.5, 0.6) is 0 Å². The highest BCUT2D eigenvalue weighted by molar-refractivity contribution is 6.06. The van der Waals surface area contributed by atoms with Gasteiger partial charge in [-0.05, 0) is 49.6 Å². The van der Waals surface area contributed by atoms with Gasteiger partial charge in [0.15, 0.2) is 0 Å². The summed E-state index contributed by atoms with van der Waals surface area (Å²) in [5.74, 6) is -0.590. The van der Waals surface area contributed by atoms with Gasteiger partial charge in [-0.1, -0.05) is 0 Å². The number of benzene rings is 1. The molecular formula is C20H22N4O3. The van der Waals surface area contributed by atoms with E-state index >= 15 is 0 Å². The minimum absolute atomic E-state index is 0.0866. The first kappa shape index (κ1) is 18.6. The lowest BCUT2D eigenvalue weighted by Crippen LogP contribution is -2.35. The van der Waals surface area contributed by atoms with E-state index < -0.39 is 0 Å². The summed E-state index contributed by atoms with van der Waals surface area (Å²) in [6.45, 7) is 2.92. The van der Waals surface area contributed by atoms with E-state index in [1.54, 1.807) is 30.3 Å². The van der Waals surface area contributed by atoms with Gasteiger partial charge in [-0.3, -0.25) is 19.4 Å². The van der Waals surface area contributed by atoms with Gasteiger partial charge in [0, 0.05) is 43.8 Å². The van der Waals surface area contributed by atoms with Crippen molar-refractivity contribution in [2.24, 2.45) is 0 Å². The Hall–Kier alpha value is -3.22. The molecule has 0 unspecified atom stereocenters. The Labute approximate surface area is 157 Å². The number of piperidine rings is 1. The largest absolute Gasteiger partial charge is 0.339 e. The first-order valence-electron chi connectivity index (χ1n) is 8.96. The van der Waals surface area contributed by atoms with Crippen molar-refractivity contribution in [1.82, 2.24) is 9.88 Å². The van der Waals surface area contributed by atoms with Crippen molar-refractivity contribution in [3.05, 3.63) is 53.9 Å². The van der Waals surface area contributed by atoms with E-state index in [0.29, 0.717) is 22.5 Å². The van der Waals surface area contributed by atoms with Crippen molar-refractivity contribution in [3.8, 4) is 0 Å². The van der Waals surface area contributed by atoms with Gasteiger partial charge in [-0.25, -0.2) is 0 Å². The number of hydrogen-bond donors (Lipinski definition) is 2. The van der Waals surface area contributed by atoms with Crippen molar-refractivity contribution >= 4 is 29.1 Å². The highest BCUT2D eigenvalue weighted by atomic mass is 16.2. The Bertz CT molecular complexity index is 843. The maximum absolute atomic E-state index is 12.6. The fraction of sp³-hybridized carbons (Fsp3) is 0.300. The minimum Gasteiger partial charge on any atom is -0.339 e. The maximum atomic E-state index is 12.6. The van der Waals surface area contributed by atoms with Crippen molar-refractivity contribution in [2.75, 3.05) is 23.7 Å². The third-order valence-electron chi connectivity index (χ3n) is 4.35. The SMILES string of the molecule is CC(=O)Nc1ccc(NC(=O)c2cncc(C(=O)N3CCCCC3)c2)cc1. The predicted molar refractivity (Wildman–Crippen MR) is 103 cm³/mol. The van der Waals surface area contributed by atoms with Crippen LogP contribution >= 0.6 is 0 Å². The fourth-order valence-electron chi connectivity index (χ4n) is 3.00. The van der Waals surface area contributed by atoms with E-state index in [1.807, 2.05) is 4.90 Å². The topological polar surface area (TPSA) is 91.4 Å². The van der Waals surface area contributed by atoms with Gasteiger partial charge < -0.3 is 15.5 Å². The van der Waals surface area contributed by atoms with E-state index in [9.17, 15) is 14.4 Å². The molecule has 0 radical (unpaired) electrons. The number of aromatic nitrogens is 1. The summed E-state index contributed by atoms with van der Waals surface area (Å²) in [7, 11) is 0. The van der Waals surface area contributed by atoms with Crippen LogP contribution in [0.3, 0.4) is 0 Å². The molecule has 2 heterocycles. The Morgan fingerprint density at radius 3 is 2.11 bits per heavy atom. The first-order valence-corrected chi connectivity index (χ1v) is 8.96. The molecule has 140 valence electrons. The zero-order chi connectivity index (χ0) is 19.2. The third-order valence-corrected chi connectivity index (χ3v) is 4.35. The molecule has 0 saturated carbocycles. The number of amides is 3. The molecule has 0 spiro atoms. The van der Waals surface area contributed by atoms with Gasteiger partial charge >= 0.3 is 0 Å². The lowest BCUT2D eigenvalue weighted by atomic mass is 10.1. The molecule has 2 aromatic rings. The molecule has 7 nitrogen and oxygen atoms in total. The van der Waals surface area contributed by atoms with Crippen LogP contribution in [-0.4, -0.2) is 40.7 Å². The molecule has 7 heteroatoms. The molecule has 0 atom stereocenters. The first-order chi connectivity index (χ1) is 13.0. The number of nitrogens with zero attached hydrogens (tertiary/aromatic N) is 2. The molecule has 0 aliphatic carbocycles. The second kappa shape index (κ2) is 8.44. The van der Waals surface area contributed by atoms with Crippen molar-refractivity contribution in [2.45, 2.75) is 26.2 Å². The van der Waals surface area contributed by atoms with Crippen LogP contribution < -0.4 is 10.6 Å². The summed E-state index contributed by atoms with van der Waals surface area (Å²) in [5, 5.41) is 5.43. The average molecular weight is 366 g/mol. The molecule has 1 aromatic carbocycles. The van der Waals surface area contributed by atoms with Crippen LogP contribution in [0.25, 0.3) is 0 Å². The molecule has 1 saturated heterocycles. The van der Waals surface area contributed by atoms with Gasteiger partial charge in [0.1, 0.15) is 0 Å². The normalized spacial score (nSPS) is 13.7. The minimum atomic E-state index is -0.344. The summed E-state index contributed by atoms with van der Waals surface area (Å²) >= 11 is 0. The van der Waals surface area contributed by atoms with Gasteiger partial charge in [-0.15, -0.1) is 0 Å². The van der Waals surface area contributed by atoms with Crippen LogP contribution in [-0.2, 0) is 4.79 Å². The summed E-state index contributed by atoms with van der Waals surface area (Å²) < 4.78 is 0. The summed E-state index contributed by atoms with van der Waals surface area (Å²) in [4.78, 5) is 42.0. The molecule has 1 aromatic heterocycles. The Morgan fingerprint density at radius 1 is 0.889 bits per heavy atom. The van der Waals surface area contributed by atoms with Crippen LogP contribution in [0.2, 0.25) is 0 Å². The molecule has 27 heavy (non-hydrogen) atoms. The molecule has 2 N–H and O–H groups in total. The molecule has 1 fully saturated rings. The lowest BCUT2D eigenvalue weighted by molar-refractivity contribution is -0.114. The van der Waals surface area contributed by atoms with E-state index in [-0.39, 0.29) is 17.7 Å². The molecule has 3 amide bonds. The number of nitrogens with one attached hydrogen (secondary N) is 2. The van der Waals surface area contributed by atoms with Gasteiger partial charge in [0.2, 0.25) is 5.91 Å². The Morgan fingerprint density at radius 2 is 1.48 bits per heavy atom. The zero-order valence-electron chi connectivity index (χ0n) is 15.2. The van der Waals surface area contributed by atoms with Crippen molar-refractivity contribution < 1.29 is 14.4 Å². The van der Waals surface area contributed by atoms with E-state index in [4.69, 9.17) is 0 Å². The highest BCUT2D eigenvalue weighted by Crippen LogP contribution is 2.16. The number of anilines is 2. The van der Waals surface area contributed by atoms with E-state index in [2.05, 4.69) is 15.6 Å². The second-order valence-corrected chi connectivity index (χ2v) is 6.53. The standard InChI is InChI=1S/C20H22N4O3/c1-14(25)22-17-5-7-18(8-6-17)23-19(26)15-11-16(13-21-12-15)20(27)24-9-3-2-4-10-24/h5-8,11-13H,2-4,9-10H2,1H3,(H,22,25)(H,23,26). The van der Waals surface area contributed by atoms with Crippen LogP contribution in [0.15, 0.2) is 42.7 Å². The summed E-state index contributed by atoms with van der Waals surface area (Å²) in [6, 6.07) is 8.36. The highest BCUT2D eigenvalue weighted by Gasteiger charge is 2.19. The molecule has 0 bridgehead atoms. The Kier molecular flexibility index (Phi) is 5.80. The van der Waals surface area contributed by atoms with Crippen molar-refractivity contribution in [1.29, 1.82) is 0 Å². The van der Waals surface area contributed by atoms with Gasteiger partial charge in [-0.2, -0.15) is 0 Å². The second-order valence-electron chi connectivity index (χ2n) is 6.53. The number of likely N-dealkylation sites (tertiary alicyclic amines) is 1. The third kappa shape index (κ3) is 4.91. The Balaban J connectivity index is 1.68. The number of carbonyl (C=O) groups is 3. The number of pyridine rings is 1. The zero-order valence-corrected chi connectivity index (χ0v) is 15.2. The number of hydrogen-bond acceptors (Lipinski definition) is 4. The quantitative estimate of drug-likeness (QED) is 0.870. The van der Waals surface area contributed by atoms with Crippen LogP contribution in [0.1, 0.15) is 46.9 Å². The maximum Gasteiger partial charge on any atom is 0.257 e. The van der Waals surface area contributed by atoms with Crippen LogP contribution in [0, 0.1) is 0 Å². The van der Waals surface area contributed by atoms with Gasteiger partial charge in [0.25, 0.3) is 11.8 Å². The number of carbonyl (C=O) groups excluding carboxylic acids is 3. The average Bonchev–Trinajstić information content (AvgIpc) is 2.69.